The topological polar surface area (TPSA) is 100 Å². The second-order valence-corrected chi connectivity index (χ2v) is 7.71. The molecule has 4 rings (SSSR count). The van der Waals surface area contributed by atoms with E-state index < -0.39 is 11.1 Å². The number of non-ortho nitro benzene ring substituents is 1. The number of nitro groups is 1. The molecule has 0 bridgehead atoms. The number of fused-ring (bicyclic) bond motifs is 2. The maximum Gasteiger partial charge on any atom is 0.276 e. The highest BCUT2D eigenvalue weighted by molar-refractivity contribution is 8.13. The Kier molecular flexibility index (Phi) is 5.30. The van der Waals surface area contributed by atoms with Crippen LogP contribution in [0.1, 0.15) is 31.5 Å². The largest absolute Gasteiger partial charge is 0.298 e. The lowest BCUT2D eigenvalue weighted by Gasteiger charge is -2.34. The average molecular weight is 409 g/mol. The molecule has 0 aliphatic carbocycles. The van der Waals surface area contributed by atoms with Crippen LogP contribution in [0.15, 0.2) is 58.6 Å². The summed E-state index contributed by atoms with van der Waals surface area (Å²) in [5.74, 6) is 0.588. The van der Waals surface area contributed by atoms with Crippen molar-refractivity contribution in [3.05, 3.63) is 74.8 Å². The molecule has 2 aromatic rings. The number of carbonyl (C=O) groups excluding carboxylic acids is 1. The molecule has 0 saturated heterocycles. The zero-order valence-electron chi connectivity index (χ0n) is 15.7. The van der Waals surface area contributed by atoms with E-state index in [2.05, 4.69) is 17.3 Å². The van der Waals surface area contributed by atoms with Crippen LogP contribution in [0.5, 0.6) is 0 Å². The molecule has 1 unspecified atom stereocenters. The van der Waals surface area contributed by atoms with Gasteiger partial charge in [0, 0.05) is 28.7 Å². The van der Waals surface area contributed by atoms with Crippen molar-refractivity contribution in [1.82, 2.24) is 10.3 Å². The van der Waals surface area contributed by atoms with Gasteiger partial charge in [0.1, 0.15) is 5.70 Å². The summed E-state index contributed by atoms with van der Waals surface area (Å²) in [4.78, 5) is 28.5. The standard InChI is InChI=1S/C20H19N5O3S/c1-2-3-11-29-20-22-19(26)17-15-9-4-5-10-16(15)21-18(24(17)23-20)13-7-6-8-14(12-13)25(27)28/h4-10,12,18H,2-3,11H2,1H3,(H,22,23,26). The zero-order valence-corrected chi connectivity index (χ0v) is 16.6. The number of amidine groups is 1. The Hall–Kier alpha value is -3.20. The molecule has 1 atom stereocenters. The number of unbranched alkanes of at least 4 members (excludes halogenated alkanes) is 1. The number of carbonyl (C=O) groups is 1. The molecule has 0 aromatic heterocycles. The fourth-order valence-corrected chi connectivity index (χ4v) is 4.16. The van der Waals surface area contributed by atoms with E-state index in [1.54, 1.807) is 17.1 Å². The van der Waals surface area contributed by atoms with Crippen molar-refractivity contribution in [1.29, 1.82) is 0 Å². The van der Waals surface area contributed by atoms with Gasteiger partial charge in [0.2, 0.25) is 0 Å². The lowest BCUT2D eigenvalue weighted by Crippen LogP contribution is -2.50. The summed E-state index contributed by atoms with van der Waals surface area (Å²) < 4.78 is 0. The van der Waals surface area contributed by atoms with Gasteiger partial charge in [-0.25, -0.2) is 5.01 Å². The number of para-hydroxylation sites is 1. The summed E-state index contributed by atoms with van der Waals surface area (Å²) >= 11 is 1.48. The first kappa shape index (κ1) is 19.1. The van der Waals surface area contributed by atoms with Crippen LogP contribution in [0.3, 0.4) is 0 Å². The van der Waals surface area contributed by atoms with E-state index in [1.165, 1.54) is 23.9 Å². The van der Waals surface area contributed by atoms with E-state index in [-0.39, 0.29) is 11.6 Å². The number of hydrogen-bond acceptors (Lipinski definition) is 7. The van der Waals surface area contributed by atoms with Crippen LogP contribution in [0, 0.1) is 10.1 Å². The van der Waals surface area contributed by atoms with Gasteiger partial charge in [0.25, 0.3) is 11.6 Å². The Balaban J connectivity index is 1.84. The first-order valence-corrected chi connectivity index (χ1v) is 10.3. The van der Waals surface area contributed by atoms with Crippen LogP contribution in [0.4, 0.5) is 5.69 Å². The highest BCUT2D eigenvalue weighted by atomic mass is 32.2. The van der Waals surface area contributed by atoms with E-state index in [0.717, 1.165) is 18.6 Å². The van der Waals surface area contributed by atoms with Crippen LogP contribution < -0.4 is 15.9 Å². The van der Waals surface area contributed by atoms with Gasteiger partial charge < -0.3 is 0 Å². The monoisotopic (exact) mass is 409 g/mol. The predicted molar refractivity (Wildman–Crippen MR) is 111 cm³/mol. The first-order valence-electron chi connectivity index (χ1n) is 9.32. The van der Waals surface area contributed by atoms with E-state index in [9.17, 15) is 14.9 Å². The van der Waals surface area contributed by atoms with Gasteiger partial charge in [-0.3, -0.25) is 25.2 Å². The minimum Gasteiger partial charge on any atom is -0.298 e. The normalized spacial score (nSPS) is 17.6. The molecule has 2 aliphatic rings. The summed E-state index contributed by atoms with van der Waals surface area (Å²) in [6, 6.07) is 13.6. The SMILES string of the molecule is CCCCSC1=NN2C(=c3ccccc3=NC2c2cccc([N+](=O)[O-])c2)C(=O)N1. The predicted octanol–water partition coefficient (Wildman–Crippen LogP) is 2.27. The van der Waals surface area contributed by atoms with Crippen molar-refractivity contribution < 1.29 is 9.72 Å². The molecule has 0 spiro atoms. The Labute approximate surface area is 171 Å². The summed E-state index contributed by atoms with van der Waals surface area (Å²) in [5, 5.41) is 22.2. The van der Waals surface area contributed by atoms with Crippen LogP contribution in [0.25, 0.3) is 5.70 Å². The van der Waals surface area contributed by atoms with Crippen molar-refractivity contribution in [3.8, 4) is 0 Å². The Bertz CT molecular complexity index is 1130. The van der Waals surface area contributed by atoms with Crippen LogP contribution in [-0.2, 0) is 4.79 Å². The zero-order chi connectivity index (χ0) is 20.4. The molecule has 148 valence electrons. The fraction of sp³-hybridized carbons (Fsp3) is 0.250. The molecule has 0 fully saturated rings. The minimum atomic E-state index is -0.660. The molecule has 0 radical (unpaired) electrons. The van der Waals surface area contributed by atoms with Crippen molar-refractivity contribution in [2.24, 2.45) is 10.1 Å². The van der Waals surface area contributed by atoms with Gasteiger partial charge in [-0.1, -0.05) is 55.4 Å². The number of nitrogens with zero attached hydrogens (tertiary/aromatic N) is 4. The van der Waals surface area contributed by atoms with Gasteiger partial charge in [0.15, 0.2) is 11.3 Å². The number of nitro benzene ring substituents is 1. The van der Waals surface area contributed by atoms with Gasteiger partial charge in [-0.15, -0.1) is 5.10 Å². The molecule has 8 nitrogen and oxygen atoms in total. The first-order chi connectivity index (χ1) is 14.1. The van der Waals surface area contributed by atoms with E-state index in [4.69, 9.17) is 4.99 Å². The molecule has 29 heavy (non-hydrogen) atoms. The third-order valence-corrected chi connectivity index (χ3v) is 5.58. The van der Waals surface area contributed by atoms with Gasteiger partial charge in [-0.05, 0) is 12.5 Å². The molecule has 2 heterocycles. The third-order valence-electron chi connectivity index (χ3n) is 4.63. The quantitative estimate of drug-likeness (QED) is 0.464. The van der Waals surface area contributed by atoms with E-state index >= 15 is 0 Å². The third kappa shape index (κ3) is 3.73. The highest BCUT2D eigenvalue weighted by Crippen LogP contribution is 2.32. The molecular formula is C20H19N5O3S. The molecule has 9 heteroatoms. The molecule has 1 N–H and O–H groups in total. The Morgan fingerprint density at radius 1 is 1.24 bits per heavy atom. The van der Waals surface area contributed by atoms with Crippen LogP contribution in [0.2, 0.25) is 0 Å². The lowest BCUT2D eigenvalue weighted by atomic mass is 10.1. The number of nitrogens with one attached hydrogen (secondary N) is 1. The number of benzene rings is 2. The summed E-state index contributed by atoms with van der Waals surface area (Å²) in [7, 11) is 0. The average Bonchev–Trinajstić information content (AvgIpc) is 2.73. The molecule has 2 aromatic carbocycles. The number of hydrogen-bond donors (Lipinski definition) is 1. The minimum absolute atomic E-state index is 0.0268. The smallest absolute Gasteiger partial charge is 0.276 e. The van der Waals surface area contributed by atoms with Crippen molar-refractivity contribution >= 4 is 34.2 Å². The number of hydrazone groups is 1. The second-order valence-electron chi connectivity index (χ2n) is 6.63. The molecular weight excluding hydrogens is 390 g/mol. The maximum atomic E-state index is 13.0. The molecule has 2 aliphatic heterocycles. The highest BCUT2D eigenvalue weighted by Gasteiger charge is 2.34. The number of amides is 1. The van der Waals surface area contributed by atoms with Gasteiger partial charge in [-0.2, -0.15) is 0 Å². The van der Waals surface area contributed by atoms with Gasteiger partial charge in [0.05, 0.1) is 10.3 Å². The Morgan fingerprint density at radius 3 is 2.86 bits per heavy atom. The van der Waals surface area contributed by atoms with E-state index in [1.807, 2.05) is 24.3 Å². The molecule has 1 amide bonds. The summed E-state index contributed by atoms with van der Waals surface area (Å²) in [6.45, 7) is 2.10. The van der Waals surface area contributed by atoms with Crippen molar-refractivity contribution in [2.75, 3.05) is 5.75 Å². The fourth-order valence-electron chi connectivity index (χ4n) is 3.22. The summed E-state index contributed by atoms with van der Waals surface area (Å²) in [6.07, 6.45) is 1.40. The Morgan fingerprint density at radius 2 is 2.07 bits per heavy atom. The van der Waals surface area contributed by atoms with Gasteiger partial charge >= 0.3 is 0 Å². The van der Waals surface area contributed by atoms with Crippen molar-refractivity contribution in [3.63, 3.8) is 0 Å². The number of rotatable bonds is 5. The van der Waals surface area contributed by atoms with Crippen LogP contribution >= 0.6 is 11.8 Å². The number of thioether (sulfide) groups is 1. The van der Waals surface area contributed by atoms with Crippen LogP contribution in [-0.4, -0.2) is 26.8 Å². The molecule has 0 saturated carbocycles. The van der Waals surface area contributed by atoms with Crippen molar-refractivity contribution in [2.45, 2.75) is 25.9 Å². The second kappa shape index (κ2) is 8.04. The summed E-state index contributed by atoms with van der Waals surface area (Å²) in [5.41, 5.74) is 0.968. The lowest BCUT2D eigenvalue weighted by molar-refractivity contribution is -0.384. The maximum absolute atomic E-state index is 13.0. The van der Waals surface area contributed by atoms with E-state index in [0.29, 0.717) is 27.0 Å².